The largest absolute Gasteiger partial charge is 0.321 e. The molecule has 0 aliphatic carbocycles. The van der Waals surface area contributed by atoms with Crippen LogP contribution in [-0.2, 0) is 16.6 Å². The molecule has 0 radical (unpaired) electrons. The van der Waals surface area contributed by atoms with Crippen molar-refractivity contribution in [2.24, 2.45) is 5.84 Å². The minimum Gasteiger partial charge on any atom is -0.321 e. The minimum atomic E-state index is -3.74. The van der Waals surface area contributed by atoms with Gasteiger partial charge in [-0.1, -0.05) is 23.7 Å². The molecule has 8 heteroatoms. The molecule has 1 aromatic heterocycles. The molecule has 0 saturated heterocycles. The molecule has 0 atom stereocenters. The third kappa shape index (κ3) is 3.51. The van der Waals surface area contributed by atoms with Crippen molar-refractivity contribution in [3.63, 3.8) is 0 Å². The van der Waals surface area contributed by atoms with Gasteiger partial charge in [-0.3, -0.25) is 5.84 Å². The SMILES string of the molecule is CN(Cc1ccc(Cl)cc1)S(=O)(=O)c1ncccc1NN. The topological polar surface area (TPSA) is 88.3 Å². The van der Waals surface area contributed by atoms with Gasteiger partial charge in [0.1, 0.15) is 0 Å². The Balaban J connectivity index is 2.28. The van der Waals surface area contributed by atoms with Gasteiger partial charge in [0, 0.05) is 24.8 Å². The number of aromatic nitrogens is 1. The number of halogens is 1. The first-order valence-electron chi connectivity index (χ1n) is 6.07. The van der Waals surface area contributed by atoms with Crippen molar-refractivity contribution in [3.05, 3.63) is 53.2 Å². The van der Waals surface area contributed by atoms with Crippen molar-refractivity contribution >= 4 is 27.3 Å². The summed E-state index contributed by atoms with van der Waals surface area (Å²) in [6.45, 7) is 0.208. The van der Waals surface area contributed by atoms with Crippen LogP contribution in [0.3, 0.4) is 0 Å². The number of hydrogen-bond acceptors (Lipinski definition) is 5. The summed E-state index contributed by atoms with van der Waals surface area (Å²) in [5, 5.41) is 0.493. The average molecular weight is 327 g/mol. The normalized spacial score (nSPS) is 11.6. The molecule has 1 aromatic carbocycles. The van der Waals surface area contributed by atoms with Gasteiger partial charge in [0.05, 0.1) is 5.69 Å². The van der Waals surface area contributed by atoms with Gasteiger partial charge < -0.3 is 5.43 Å². The van der Waals surface area contributed by atoms with Crippen LogP contribution in [0.4, 0.5) is 5.69 Å². The summed E-state index contributed by atoms with van der Waals surface area (Å²) in [6, 6.07) is 10.1. The number of nitrogens with zero attached hydrogens (tertiary/aromatic N) is 2. The van der Waals surface area contributed by atoms with E-state index in [-0.39, 0.29) is 17.3 Å². The second-order valence-electron chi connectivity index (χ2n) is 4.39. The first-order chi connectivity index (χ1) is 9.95. The summed E-state index contributed by atoms with van der Waals surface area (Å²) >= 11 is 5.81. The maximum atomic E-state index is 12.5. The number of benzene rings is 1. The molecule has 0 spiro atoms. The number of sulfonamides is 1. The molecule has 0 bridgehead atoms. The molecule has 0 aliphatic heterocycles. The number of rotatable bonds is 5. The van der Waals surface area contributed by atoms with Crippen LogP contribution in [0, 0.1) is 0 Å². The van der Waals surface area contributed by atoms with Gasteiger partial charge in [-0.05, 0) is 29.8 Å². The fourth-order valence-electron chi connectivity index (χ4n) is 1.79. The lowest BCUT2D eigenvalue weighted by molar-refractivity contribution is 0.464. The van der Waals surface area contributed by atoms with Crippen molar-refractivity contribution < 1.29 is 8.42 Å². The van der Waals surface area contributed by atoms with Crippen LogP contribution in [0.5, 0.6) is 0 Å². The molecule has 0 aliphatic rings. The molecule has 112 valence electrons. The zero-order chi connectivity index (χ0) is 15.5. The van der Waals surface area contributed by atoms with Crippen LogP contribution in [-0.4, -0.2) is 24.8 Å². The molecular formula is C13H15ClN4O2S. The van der Waals surface area contributed by atoms with Gasteiger partial charge in [-0.15, -0.1) is 0 Å². The zero-order valence-electron chi connectivity index (χ0n) is 11.3. The van der Waals surface area contributed by atoms with E-state index in [9.17, 15) is 8.42 Å². The Hall–Kier alpha value is -1.67. The first kappa shape index (κ1) is 15.7. The van der Waals surface area contributed by atoms with E-state index < -0.39 is 10.0 Å². The van der Waals surface area contributed by atoms with Gasteiger partial charge in [-0.25, -0.2) is 13.4 Å². The number of nitrogens with two attached hydrogens (primary N) is 1. The molecule has 2 aromatic rings. The van der Waals surface area contributed by atoms with Gasteiger partial charge in [0.15, 0.2) is 5.03 Å². The molecule has 1 heterocycles. The maximum absolute atomic E-state index is 12.5. The van der Waals surface area contributed by atoms with Crippen LogP contribution in [0.15, 0.2) is 47.6 Å². The average Bonchev–Trinajstić information content (AvgIpc) is 2.49. The highest BCUT2D eigenvalue weighted by atomic mass is 35.5. The number of nitrogens with one attached hydrogen (secondary N) is 1. The lowest BCUT2D eigenvalue weighted by atomic mass is 10.2. The summed E-state index contributed by atoms with van der Waals surface area (Å²) in [7, 11) is -2.26. The molecule has 0 fully saturated rings. The maximum Gasteiger partial charge on any atom is 0.262 e. The Kier molecular flexibility index (Phi) is 4.79. The van der Waals surface area contributed by atoms with Crippen LogP contribution in [0.25, 0.3) is 0 Å². The molecule has 6 nitrogen and oxygen atoms in total. The van der Waals surface area contributed by atoms with E-state index in [2.05, 4.69) is 10.4 Å². The summed E-state index contributed by atoms with van der Waals surface area (Å²) in [4.78, 5) is 3.90. The monoisotopic (exact) mass is 326 g/mol. The van der Waals surface area contributed by atoms with Gasteiger partial charge in [0.2, 0.25) is 0 Å². The van der Waals surface area contributed by atoms with Gasteiger partial charge in [-0.2, -0.15) is 4.31 Å². The van der Waals surface area contributed by atoms with Crippen LogP contribution in [0.1, 0.15) is 5.56 Å². The predicted octanol–water partition coefficient (Wildman–Crippen LogP) is 1.84. The lowest BCUT2D eigenvalue weighted by Crippen LogP contribution is -2.28. The van der Waals surface area contributed by atoms with Crippen LogP contribution < -0.4 is 11.3 Å². The highest BCUT2D eigenvalue weighted by molar-refractivity contribution is 7.89. The van der Waals surface area contributed by atoms with E-state index in [0.717, 1.165) is 5.56 Å². The van der Waals surface area contributed by atoms with E-state index in [1.807, 2.05) is 0 Å². The first-order valence-corrected chi connectivity index (χ1v) is 7.89. The van der Waals surface area contributed by atoms with Crippen LogP contribution >= 0.6 is 11.6 Å². The number of hydrogen-bond donors (Lipinski definition) is 2. The summed E-state index contributed by atoms with van der Waals surface area (Å²) in [5.41, 5.74) is 3.42. The number of hydrazine groups is 1. The smallest absolute Gasteiger partial charge is 0.262 e. The molecule has 0 unspecified atom stereocenters. The van der Waals surface area contributed by atoms with E-state index in [1.54, 1.807) is 36.4 Å². The second-order valence-corrected chi connectivity index (χ2v) is 6.78. The summed E-state index contributed by atoms with van der Waals surface area (Å²) < 4.78 is 26.3. The quantitative estimate of drug-likeness (QED) is 0.646. The van der Waals surface area contributed by atoms with E-state index in [4.69, 9.17) is 17.4 Å². The van der Waals surface area contributed by atoms with Crippen molar-refractivity contribution in [3.8, 4) is 0 Å². The molecule has 3 N–H and O–H groups in total. The highest BCUT2D eigenvalue weighted by Crippen LogP contribution is 2.22. The summed E-state index contributed by atoms with van der Waals surface area (Å²) in [5.74, 6) is 5.33. The summed E-state index contributed by atoms with van der Waals surface area (Å²) in [6.07, 6.45) is 1.41. The van der Waals surface area contributed by atoms with Crippen molar-refractivity contribution in [2.75, 3.05) is 12.5 Å². The predicted molar refractivity (Wildman–Crippen MR) is 82.2 cm³/mol. The Labute approximate surface area is 128 Å². The highest BCUT2D eigenvalue weighted by Gasteiger charge is 2.25. The van der Waals surface area contributed by atoms with Crippen molar-refractivity contribution in [1.82, 2.24) is 9.29 Å². The number of pyridine rings is 1. The Morgan fingerprint density at radius 2 is 1.95 bits per heavy atom. The minimum absolute atomic E-state index is 0.107. The van der Waals surface area contributed by atoms with E-state index in [0.29, 0.717) is 5.02 Å². The van der Waals surface area contributed by atoms with Gasteiger partial charge in [0.25, 0.3) is 10.0 Å². The Morgan fingerprint density at radius 3 is 2.57 bits per heavy atom. The number of anilines is 1. The van der Waals surface area contributed by atoms with Crippen LogP contribution in [0.2, 0.25) is 5.02 Å². The van der Waals surface area contributed by atoms with E-state index >= 15 is 0 Å². The molecule has 21 heavy (non-hydrogen) atoms. The third-order valence-corrected chi connectivity index (χ3v) is 4.92. The lowest BCUT2D eigenvalue weighted by Gasteiger charge is -2.18. The zero-order valence-corrected chi connectivity index (χ0v) is 12.9. The fourth-order valence-corrected chi connectivity index (χ4v) is 3.12. The Bertz CT molecular complexity index is 719. The van der Waals surface area contributed by atoms with Crippen molar-refractivity contribution in [2.45, 2.75) is 11.6 Å². The molecule has 0 amide bonds. The number of nitrogen functional groups attached to an aromatic ring is 1. The molecule has 2 rings (SSSR count). The Morgan fingerprint density at radius 1 is 1.29 bits per heavy atom. The van der Waals surface area contributed by atoms with Crippen molar-refractivity contribution in [1.29, 1.82) is 0 Å². The second kappa shape index (κ2) is 6.40. The van der Waals surface area contributed by atoms with E-state index in [1.165, 1.54) is 17.5 Å². The fraction of sp³-hybridized carbons (Fsp3) is 0.154. The molecular weight excluding hydrogens is 312 g/mol. The standard InChI is InChI=1S/C13H15ClN4O2S/c1-18(9-10-4-6-11(14)7-5-10)21(19,20)13-12(17-15)3-2-8-16-13/h2-8,17H,9,15H2,1H3. The third-order valence-electron chi connectivity index (χ3n) is 2.90. The van der Waals surface area contributed by atoms with Gasteiger partial charge >= 0.3 is 0 Å². The molecule has 0 saturated carbocycles.